The fourth-order valence-corrected chi connectivity index (χ4v) is 2.12. The van der Waals surface area contributed by atoms with Gasteiger partial charge in [0.2, 0.25) is 0 Å². The van der Waals surface area contributed by atoms with E-state index in [-0.39, 0.29) is 10.9 Å². The van der Waals surface area contributed by atoms with Crippen molar-refractivity contribution < 1.29 is 8.42 Å². The molecular formula is C12H15N3O2S. The molecule has 18 heavy (non-hydrogen) atoms. The molecule has 1 atom stereocenters. The lowest BCUT2D eigenvalue weighted by Crippen LogP contribution is -2.06. The van der Waals surface area contributed by atoms with Crippen LogP contribution in [0.15, 0.2) is 41.6 Å². The summed E-state index contributed by atoms with van der Waals surface area (Å²) in [7, 11) is -3.22. The summed E-state index contributed by atoms with van der Waals surface area (Å²) in [5.74, 6) is 0. The minimum atomic E-state index is -3.22. The number of sulfone groups is 1. The van der Waals surface area contributed by atoms with E-state index in [2.05, 4.69) is 5.10 Å². The third-order valence-electron chi connectivity index (χ3n) is 2.65. The van der Waals surface area contributed by atoms with Gasteiger partial charge in [-0.25, -0.2) is 13.1 Å². The number of aromatic nitrogens is 2. The van der Waals surface area contributed by atoms with Gasteiger partial charge in [0.15, 0.2) is 9.84 Å². The topological polar surface area (TPSA) is 78.0 Å². The molecule has 2 N–H and O–H groups in total. The quantitative estimate of drug-likeness (QED) is 0.907. The first kappa shape index (κ1) is 12.8. The van der Waals surface area contributed by atoms with Crippen molar-refractivity contribution in [2.75, 3.05) is 6.26 Å². The van der Waals surface area contributed by atoms with Gasteiger partial charge in [-0.3, -0.25) is 0 Å². The van der Waals surface area contributed by atoms with Gasteiger partial charge in [0.05, 0.1) is 11.9 Å². The molecule has 0 fully saturated rings. The van der Waals surface area contributed by atoms with E-state index in [0.29, 0.717) is 0 Å². The van der Waals surface area contributed by atoms with Crippen molar-refractivity contribution in [3.63, 3.8) is 0 Å². The van der Waals surface area contributed by atoms with Gasteiger partial charge >= 0.3 is 0 Å². The van der Waals surface area contributed by atoms with Crippen molar-refractivity contribution in [3.05, 3.63) is 42.2 Å². The Bertz CT molecular complexity index is 659. The standard InChI is InChI=1S/C12H15N3O2S/c1-9(13)10-4-3-5-11(6-10)15-8-12(7-14-15)18(2,16)17/h3-9H,13H2,1-2H3. The lowest BCUT2D eigenvalue weighted by atomic mass is 10.1. The van der Waals surface area contributed by atoms with E-state index in [1.165, 1.54) is 17.1 Å². The highest BCUT2D eigenvalue weighted by atomic mass is 32.2. The van der Waals surface area contributed by atoms with Crippen LogP contribution in [0, 0.1) is 0 Å². The van der Waals surface area contributed by atoms with Crippen molar-refractivity contribution in [2.24, 2.45) is 5.73 Å². The van der Waals surface area contributed by atoms with Crippen LogP contribution in [0.3, 0.4) is 0 Å². The Morgan fingerprint density at radius 3 is 2.67 bits per heavy atom. The molecule has 1 unspecified atom stereocenters. The average Bonchev–Trinajstić information content (AvgIpc) is 2.78. The van der Waals surface area contributed by atoms with E-state index in [1.807, 2.05) is 31.2 Å². The van der Waals surface area contributed by atoms with Gasteiger partial charge in [-0.1, -0.05) is 12.1 Å². The molecular weight excluding hydrogens is 250 g/mol. The minimum absolute atomic E-state index is 0.0742. The second-order valence-electron chi connectivity index (χ2n) is 4.28. The smallest absolute Gasteiger partial charge is 0.178 e. The van der Waals surface area contributed by atoms with E-state index < -0.39 is 9.84 Å². The Kier molecular flexibility index (Phi) is 3.23. The van der Waals surface area contributed by atoms with Crippen molar-refractivity contribution >= 4 is 9.84 Å². The summed E-state index contributed by atoms with van der Waals surface area (Å²) in [6, 6.07) is 7.47. The fourth-order valence-electron chi connectivity index (χ4n) is 1.59. The third-order valence-corrected chi connectivity index (χ3v) is 3.71. The monoisotopic (exact) mass is 265 g/mol. The van der Waals surface area contributed by atoms with Gasteiger partial charge in [-0.05, 0) is 24.6 Å². The van der Waals surface area contributed by atoms with Crippen LogP contribution in [0.4, 0.5) is 0 Å². The molecule has 2 aromatic rings. The largest absolute Gasteiger partial charge is 0.324 e. The lowest BCUT2D eigenvalue weighted by Gasteiger charge is -2.07. The number of rotatable bonds is 3. The molecule has 0 saturated carbocycles. The van der Waals surface area contributed by atoms with Gasteiger partial charge < -0.3 is 5.73 Å². The lowest BCUT2D eigenvalue weighted by molar-refractivity contribution is 0.602. The molecule has 1 aromatic carbocycles. The number of nitrogens with zero attached hydrogens (tertiary/aromatic N) is 2. The van der Waals surface area contributed by atoms with E-state index in [0.717, 1.165) is 17.5 Å². The average molecular weight is 265 g/mol. The van der Waals surface area contributed by atoms with E-state index in [1.54, 1.807) is 0 Å². The van der Waals surface area contributed by atoms with Crippen molar-refractivity contribution in [2.45, 2.75) is 17.9 Å². The molecule has 0 spiro atoms. The molecule has 0 bridgehead atoms. The maximum atomic E-state index is 11.4. The first-order valence-corrected chi connectivity index (χ1v) is 7.38. The van der Waals surface area contributed by atoms with Crippen LogP contribution in [-0.4, -0.2) is 24.5 Å². The molecule has 2 rings (SSSR count). The summed E-state index contributed by atoms with van der Waals surface area (Å²) in [4.78, 5) is 0.203. The molecule has 0 amide bonds. The Balaban J connectivity index is 2.43. The molecule has 6 heteroatoms. The van der Waals surface area contributed by atoms with Crippen molar-refractivity contribution in [1.29, 1.82) is 0 Å². The maximum Gasteiger partial charge on any atom is 0.178 e. The van der Waals surface area contributed by atoms with Crippen LogP contribution in [0.2, 0.25) is 0 Å². The molecule has 0 radical (unpaired) electrons. The van der Waals surface area contributed by atoms with Gasteiger partial charge in [0.25, 0.3) is 0 Å². The molecule has 1 heterocycles. The van der Waals surface area contributed by atoms with Crippen molar-refractivity contribution in [1.82, 2.24) is 9.78 Å². The number of nitrogens with two attached hydrogens (primary N) is 1. The zero-order valence-corrected chi connectivity index (χ0v) is 11.1. The summed E-state index contributed by atoms with van der Waals surface area (Å²) in [5.41, 5.74) is 7.58. The van der Waals surface area contributed by atoms with Gasteiger partial charge in [0, 0.05) is 18.5 Å². The van der Waals surface area contributed by atoms with E-state index in [4.69, 9.17) is 5.73 Å². The highest BCUT2D eigenvalue weighted by Gasteiger charge is 2.11. The summed E-state index contributed by atoms with van der Waals surface area (Å²) in [5, 5.41) is 4.05. The SMILES string of the molecule is CC(N)c1cccc(-n2cc(S(C)(=O)=O)cn2)c1. The summed E-state index contributed by atoms with van der Waals surface area (Å²) in [6.07, 6.45) is 4.00. The van der Waals surface area contributed by atoms with Gasteiger partial charge in [-0.2, -0.15) is 5.10 Å². The molecule has 5 nitrogen and oxygen atoms in total. The Morgan fingerprint density at radius 2 is 2.11 bits per heavy atom. The number of hydrogen-bond donors (Lipinski definition) is 1. The zero-order chi connectivity index (χ0) is 13.3. The van der Waals surface area contributed by atoms with Crippen LogP contribution >= 0.6 is 0 Å². The first-order chi connectivity index (χ1) is 8.38. The van der Waals surface area contributed by atoms with Crippen molar-refractivity contribution in [3.8, 4) is 5.69 Å². The second-order valence-corrected chi connectivity index (χ2v) is 6.29. The normalized spacial score (nSPS) is 13.5. The van der Waals surface area contributed by atoms with Crippen LogP contribution in [0.25, 0.3) is 5.69 Å². The van der Waals surface area contributed by atoms with Crippen LogP contribution in [0.5, 0.6) is 0 Å². The highest BCUT2D eigenvalue weighted by Crippen LogP contribution is 2.16. The predicted octanol–water partition coefficient (Wildman–Crippen LogP) is 1.30. The summed E-state index contributed by atoms with van der Waals surface area (Å²) < 4.78 is 24.3. The zero-order valence-electron chi connectivity index (χ0n) is 10.2. The first-order valence-electron chi connectivity index (χ1n) is 5.48. The molecule has 0 aliphatic carbocycles. The van der Waals surface area contributed by atoms with E-state index in [9.17, 15) is 8.42 Å². The fraction of sp³-hybridized carbons (Fsp3) is 0.250. The predicted molar refractivity (Wildman–Crippen MR) is 69.3 cm³/mol. The molecule has 96 valence electrons. The summed E-state index contributed by atoms with van der Waals surface area (Å²) >= 11 is 0. The Labute approximate surface area is 106 Å². The number of benzene rings is 1. The van der Waals surface area contributed by atoms with Gasteiger partial charge in [0.1, 0.15) is 4.90 Å². The summed E-state index contributed by atoms with van der Waals surface area (Å²) in [6.45, 7) is 1.89. The van der Waals surface area contributed by atoms with Crippen LogP contribution in [-0.2, 0) is 9.84 Å². The molecule has 0 saturated heterocycles. The van der Waals surface area contributed by atoms with Crippen LogP contribution in [0.1, 0.15) is 18.5 Å². The molecule has 0 aliphatic heterocycles. The highest BCUT2D eigenvalue weighted by molar-refractivity contribution is 7.90. The van der Waals surface area contributed by atoms with Gasteiger partial charge in [-0.15, -0.1) is 0 Å². The minimum Gasteiger partial charge on any atom is -0.324 e. The maximum absolute atomic E-state index is 11.4. The molecule has 0 aliphatic rings. The van der Waals surface area contributed by atoms with Crippen LogP contribution < -0.4 is 5.73 Å². The second kappa shape index (κ2) is 4.55. The Hall–Kier alpha value is -1.66. The number of hydrogen-bond acceptors (Lipinski definition) is 4. The molecule has 1 aromatic heterocycles. The third kappa shape index (κ3) is 2.60. The van der Waals surface area contributed by atoms with E-state index >= 15 is 0 Å². The Morgan fingerprint density at radius 1 is 1.39 bits per heavy atom.